The second kappa shape index (κ2) is 5.75. The molecule has 0 spiro atoms. The topological polar surface area (TPSA) is 35.5 Å². The molecule has 16 heavy (non-hydrogen) atoms. The Balaban J connectivity index is 2.88. The molecule has 3 heteroatoms. The van der Waals surface area contributed by atoms with Gasteiger partial charge in [-0.15, -0.1) is 0 Å². The van der Waals surface area contributed by atoms with Crippen molar-refractivity contribution in [1.29, 1.82) is 0 Å². The lowest BCUT2D eigenvalue weighted by molar-refractivity contribution is 0.104. The number of rotatable bonds is 5. The molecule has 0 saturated carbocycles. The van der Waals surface area contributed by atoms with Gasteiger partial charge in [0.15, 0.2) is 5.78 Å². The molecular formula is C13H14O3. The highest BCUT2D eigenvalue weighted by molar-refractivity contribution is 6.05. The van der Waals surface area contributed by atoms with E-state index in [4.69, 9.17) is 9.47 Å². The van der Waals surface area contributed by atoms with E-state index in [2.05, 4.69) is 6.58 Å². The molecule has 0 aliphatic rings. The molecule has 0 radical (unpaired) electrons. The Morgan fingerprint density at radius 3 is 2.31 bits per heavy atom. The summed E-state index contributed by atoms with van der Waals surface area (Å²) in [5.74, 6) is 1.04. The van der Waals surface area contributed by atoms with Gasteiger partial charge in [-0.25, -0.2) is 0 Å². The van der Waals surface area contributed by atoms with Gasteiger partial charge in [0.2, 0.25) is 0 Å². The highest BCUT2D eigenvalue weighted by atomic mass is 16.5. The zero-order chi connectivity index (χ0) is 12.0. The summed E-state index contributed by atoms with van der Waals surface area (Å²) in [7, 11) is 3.08. The highest BCUT2D eigenvalue weighted by Gasteiger charge is 2.03. The van der Waals surface area contributed by atoms with Crippen LogP contribution in [0.1, 0.15) is 10.4 Å². The maximum atomic E-state index is 11.7. The summed E-state index contributed by atoms with van der Waals surface area (Å²) >= 11 is 0. The van der Waals surface area contributed by atoms with Gasteiger partial charge in [0.1, 0.15) is 11.5 Å². The Bertz CT molecular complexity index is 402. The Morgan fingerprint density at radius 2 is 1.88 bits per heavy atom. The van der Waals surface area contributed by atoms with Gasteiger partial charge in [0, 0.05) is 11.6 Å². The van der Waals surface area contributed by atoms with Crippen LogP contribution in [0.5, 0.6) is 5.75 Å². The summed E-state index contributed by atoms with van der Waals surface area (Å²) < 4.78 is 9.94. The highest BCUT2D eigenvalue weighted by Crippen LogP contribution is 2.12. The first-order valence-corrected chi connectivity index (χ1v) is 4.77. The third-order valence-corrected chi connectivity index (χ3v) is 2.08. The molecule has 1 aromatic rings. The predicted molar refractivity (Wildman–Crippen MR) is 62.6 cm³/mol. The number of methoxy groups -OCH3 is 2. The van der Waals surface area contributed by atoms with E-state index in [1.54, 1.807) is 31.4 Å². The lowest BCUT2D eigenvalue weighted by Crippen LogP contribution is -1.97. The fourth-order valence-corrected chi connectivity index (χ4v) is 1.17. The summed E-state index contributed by atoms with van der Waals surface area (Å²) in [5, 5.41) is 0. The van der Waals surface area contributed by atoms with Crippen LogP contribution in [-0.2, 0) is 4.74 Å². The first kappa shape index (κ1) is 12.0. The van der Waals surface area contributed by atoms with E-state index in [1.807, 2.05) is 0 Å². The fourth-order valence-electron chi connectivity index (χ4n) is 1.17. The molecule has 0 unspecified atom stereocenters. The molecule has 0 aliphatic carbocycles. The molecule has 0 aromatic heterocycles. The molecule has 0 aliphatic heterocycles. The molecule has 0 bridgehead atoms. The van der Waals surface area contributed by atoms with Crippen molar-refractivity contribution < 1.29 is 14.3 Å². The van der Waals surface area contributed by atoms with E-state index < -0.39 is 0 Å². The minimum Gasteiger partial charge on any atom is -0.497 e. The summed E-state index contributed by atoms with van der Waals surface area (Å²) in [5.41, 5.74) is 0.581. The van der Waals surface area contributed by atoms with Crippen molar-refractivity contribution in [3.05, 3.63) is 54.3 Å². The number of allylic oxidation sites excluding steroid dienone is 2. The van der Waals surface area contributed by atoms with E-state index in [0.717, 1.165) is 5.75 Å². The smallest absolute Gasteiger partial charge is 0.189 e. The van der Waals surface area contributed by atoms with Crippen molar-refractivity contribution in [3.8, 4) is 5.75 Å². The van der Waals surface area contributed by atoms with Gasteiger partial charge in [-0.1, -0.05) is 6.58 Å². The van der Waals surface area contributed by atoms with E-state index in [-0.39, 0.29) is 5.78 Å². The molecule has 0 N–H and O–H groups in total. The van der Waals surface area contributed by atoms with Gasteiger partial charge < -0.3 is 9.47 Å². The van der Waals surface area contributed by atoms with Crippen LogP contribution in [0.3, 0.4) is 0 Å². The second-order valence-electron chi connectivity index (χ2n) is 3.05. The van der Waals surface area contributed by atoms with Crippen molar-refractivity contribution in [2.24, 2.45) is 0 Å². The van der Waals surface area contributed by atoms with Crippen LogP contribution in [0.2, 0.25) is 0 Å². The third-order valence-electron chi connectivity index (χ3n) is 2.08. The molecule has 0 fully saturated rings. The number of ether oxygens (including phenoxy) is 2. The molecule has 0 amide bonds. The number of benzene rings is 1. The summed E-state index contributed by atoms with van der Waals surface area (Å²) in [4.78, 5) is 11.7. The second-order valence-corrected chi connectivity index (χ2v) is 3.05. The van der Waals surface area contributed by atoms with Gasteiger partial charge in [-0.2, -0.15) is 0 Å². The zero-order valence-corrected chi connectivity index (χ0v) is 9.40. The van der Waals surface area contributed by atoms with Crippen LogP contribution < -0.4 is 4.74 Å². The monoisotopic (exact) mass is 218 g/mol. The number of hydrogen-bond acceptors (Lipinski definition) is 3. The van der Waals surface area contributed by atoms with Crippen LogP contribution in [0.4, 0.5) is 0 Å². The van der Waals surface area contributed by atoms with Crippen LogP contribution in [0.25, 0.3) is 0 Å². The lowest BCUT2D eigenvalue weighted by atomic mass is 10.1. The van der Waals surface area contributed by atoms with Crippen molar-refractivity contribution in [2.45, 2.75) is 0 Å². The van der Waals surface area contributed by atoms with Crippen LogP contribution in [0, 0.1) is 0 Å². The molecule has 1 rings (SSSR count). The van der Waals surface area contributed by atoms with Crippen molar-refractivity contribution in [3.63, 3.8) is 0 Å². The minimum absolute atomic E-state index is 0.126. The van der Waals surface area contributed by atoms with Crippen LogP contribution in [0.15, 0.2) is 48.8 Å². The van der Waals surface area contributed by atoms with E-state index in [0.29, 0.717) is 11.3 Å². The standard InChI is InChI=1S/C13H14O3/c1-4-11(15-2)9-13(14)10-5-7-12(16-3)8-6-10/h4-9H,1H2,2-3H3/b11-9+. The number of carbonyl (C=O) groups is 1. The predicted octanol–water partition coefficient (Wildman–Crippen LogP) is 2.59. The van der Waals surface area contributed by atoms with Crippen molar-refractivity contribution in [1.82, 2.24) is 0 Å². The number of carbonyl (C=O) groups excluding carboxylic acids is 1. The Morgan fingerprint density at radius 1 is 1.25 bits per heavy atom. The Kier molecular flexibility index (Phi) is 4.33. The SMILES string of the molecule is C=C/C(=C\C(=O)c1ccc(OC)cc1)OC. The third kappa shape index (κ3) is 2.98. The van der Waals surface area contributed by atoms with Crippen molar-refractivity contribution in [2.75, 3.05) is 14.2 Å². The normalized spacial score (nSPS) is 10.8. The minimum atomic E-state index is -0.126. The maximum absolute atomic E-state index is 11.7. The van der Waals surface area contributed by atoms with Gasteiger partial charge in [-0.05, 0) is 30.3 Å². The van der Waals surface area contributed by atoms with Gasteiger partial charge in [0.25, 0.3) is 0 Å². The zero-order valence-electron chi connectivity index (χ0n) is 9.40. The van der Waals surface area contributed by atoms with Gasteiger partial charge in [0.05, 0.1) is 14.2 Å². The molecule has 0 saturated heterocycles. The van der Waals surface area contributed by atoms with Gasteiger partial charge in [-0.3, -0.25) is 4.79 Å². The summed E-state index contributed by atoms with van der Waals surface area (Å²) in [6.07, 6.45) is 2.89. The Labute approximate surface area is 95.0 Å². The van der Waals surface area contributed by atoms with E-state index >= 15 is 0 Å². The maximum Gasteiger partial charge on any atom is 0.189 e. The molecule has 1 aromatic carbocycles. The largest absolute Gasteiger partial charge is 0.497 e. The first-order valence-electron chi connectivity index (χ1n) is 4.77. The van der Waals surface area contributed by atoms with Crippen LogP contribution in [-0.4, -0.2) is 20.0 Å². The number of ketones is 1. The summed E-state index contributed by atoms with van der Waals surface area (Å²) in [6.45, 7) is 3.54. The van der Waals surface area contributed by atoms with Crippen LogP contribution >= 0.6 is 0 Å². The molecule has 0 heterocycles. The molecule has 0 atom stereocenters. The lowest BCUT2D eigenvalue weighted by Gasteiger charge is -2.01. The number of hydrogen-bond donors (Lipinski definition) is 0. The first-order chi connectivity index (χ1) is 7.71. The Hall–Kier alpha value is -2.03. The molecule has 84 valence electrons. The fraction of sp³-hybridized carbons (Fsp3) is 0.154. The van der Waals surface area contributed by atoms with Crippen molar-refractivity contribution >= 4 is 5.78 Å². The molecule has 3 nitrogen and oxygen atoms in total. The average Bonchev–Trinajstić information content (AvgIpc) is 2.35. The summed E-state index contributed by atoms with van der Waals surface area (Å²) in [6, 6.07) is 6.88. The van der Waals surface area contributed by atoms with E-state index in [1.165, 1.54) is 19.3 Å². The molecular weight excluding hydrogens is 204 g/mol. The average molecular weight is 218 g/mol. The van der Waals surface area contributed by atoms with Gasteiger partial charge >= 0.3 is 0 Å². The quantitative estimate of drug-likeness (QED) is 0.330. The van der Waals surface area contributed by atoms with E-state index in [9.17, 15) is 4.79 Å².